The molecule has 0 bridgehead atoms. The first-order valence-electron chi connectivity index (χ1n) is 8.79. The monoisotopic (exact) mass is 362 g/mol. The number of aliphatic hydroxyl groups is 1. The van der Waals surface area contributed by atoms with Crippen LogP contribution in [0.3, 0.4) is 0 Å². The van der Waals surface area contributed by atoms with Crippen molar-refractivity contribution < 1.29 is 9.50 Å². The molecule has 5 nitrogen and oxygen atoms in total. The molecular weight excluding hydrogens is 343 g/mol. The summed E-state index contributed by atoms with van der Waals surface area (Å²) in [5, 5.41) is 15.5. The average Bonchev–Trinajstić information content (AvgIpc) is 3.09. The van der Waals surface area contributed by atoms with E-state index in [0.717, 1.165) is 33.3 Å². The standard InChI is InChI=1S/C21H19FN4O/c1-3-26-21-17(11-24-26)19(15-8-13(2)9-23-10-15)18(12-27)20(25-21)14-4-6-16(22)7-5-14/h4-11,27H,3,12H2,1-2H3. The van der Waals surface area contributed by atoms with Gasteiger partial charge in [-0.05, 0) is 49.7 Å². The Morgan fingerprint density at radius 2 is 1.85 bits per heavy atom. The molecule has 6 heteroatoms. The summed E-state index contributed by atoms with van der Waals surface area (Å²) in [4.78, 5) is 9.09. The molecule has 4 rings (SSSR count). The minimum Gasteiger partial charge on any atom is -0.392 e. The van der Waals surface area contributed by atoms with Crippen molar-refractivity contribution in [3.8, 4) is 22.4 Å². The summed E-state index contributed by atoms with van der Waals surface area (Å²) < 4.78 is 15.2. The molecular formula is C21H19FN4O. The number of hydrogen-bond acceptors (Lipinski definition) is 4. The van der Waals surface area contributed by atoms with Crippen LogP contribution >= 0.6 is 0 Å². The van der Waals surface area contributed by atoms with E-state index in [4.69, 9.17) is 4.98 Å². The molecule has 27 heavy (non-hydrogen) atoms. The quantitative estimate of drug-likeness (QED) is 0.593. The first-order chi connectivity index (χ1) is 13.1. The van der Waals surface area contributed by atoms with Gasteiger partial charge in [-0.2, -0.15) is 5.10 Å². The van der Waals surface area contributed by atoms with Crippen molar-refractivity contribution in [3.63, 3.8) is 0 Å². The van der Waals surface area contributed by atoms with E-state index in [2.05, 4.69) is 10.1 Å². The molecule has 1 aromatic carbocycles. The van der Waals surface area contributed by atoms with Gasteiger partial charge in [0, 0.05) is 46.6 Å². The summed E-state index contributed by atoms with van der Waals surface area (Å²) in [7, 11) is 0. The maximum absolute atomic E-state index is 13.4. The fraction of sp³-hybridized carbons (Fsp3) is 0.190. The van der Waals surface area contributed by atoms with E-state index in [1.165, 1.54) is 12.1 Å². The highest BCUT2D eigenvalue weighted by atomic mass is 19.1. The van der Waals surface area contributed by atoms with Crippen LogP contribution in [-0.4, -0.2) is 24.9 Å². The number of benzene rings is 1. The Morgan fingerprint density at radius 3 is 2.52 bits per heavy atom. The van der Waals surface area contributed by atoms with Crippen LogP contribution < -0.4 is 0 Å². The zero-order valence-electron chi connectivity index (χ0n) is 15.1. The highest BCUT2D eigenvalue weighted by molar-refractivity contribution is 5.97. The van der Waals surface area contributed by atoms with E-state index < -0.39 is 0 Å². The molecule has 3 aromatic heterocycles. The Morgan fingerprint density at radius 1 is 1.07 bits per heavy atom. The van der Waals surface area contributed by atoms with Crippen molar-refractivity contribution in [1.29, 1.82) is 0 Å². The van der Waals surface area contributed by atoms with E-state index in [0.29, 0.717) is 17.8 Å². The molecule has 0 aliphatic heterocycles. The Labute approximate surface area is 156 Å². The number of aryl methyl sites for hydroxylation is 2. The molecule has 0 amide bonds. The number of rotatable bonds is 4. The minimum absolute atomic E-state index is 0.198. The largest absolute Gasteiger partial charge is 0.392 e. The van der Waals surface area contributed by atoms with Crippen molar-refractivity contribution in [2.75, 3.05) is 0 Å². The SMILES string of the molecule is CCn1ncc2c(-c3cncc(C)c3)c(CO)c(-c3ccc(F)cc3)nc21. The molecule has 3 heterocycles. The van der Waals surface area contributed by atoms with Gasteiger partial charge in [0.15, 0.2) is 5.65 Å². The number of halogens is 1. The number of pyridine rings is 2. The molecule has 0 fully saturated rings. The molecule has 0 unspecified atom stereocenters. The lowest BCUT2D eigenvalue weighted by molar-refractivity contribution is 0.282. The highest BCUT2D eigenvalue weighted by Gasteiger charge is 2.20. The van der Waals surface area contributed by atoms with Gasteiger partial charge in [-0.3, -0.25) is 4.98 Å². The number of nitrogens with zero attached hydrogens (tertiary/aromatic N) is 4. The number of aliphatic hydroxyl groups excluding tert-OH is 1. The molecule has 0 spiro atoms. The Bertz CT molecular complexity index is 1120. The zero-order chi connectivity index (χ0) is 19.0. The van der Waals surface area contributed by atoms with E-state index >= 15 is 0 Å². The van der Waals surface area contributed by atoms with Crippen LogP contribution in [0.4, 0.5) is 4.39 Å². The molecule has 0 atom stereocenters. The van der Waals surface area contributed by atoms with Gasteiger partial charge >= 0.3 is 0 Å². The fourth-order valence-corrected chi connectivity index (χ4v) is 3.38. The highest BCUT2D eigenvalue weighted by Crippen LogP contribution is 2.37. The third kappa shape index (κ3) is 2.98. The maximum atomic E-state index is 13.4. The lowest BCUT2D eigenvalue weighted by Gasteiger charge is -2.15. The van der Waals surface area contributed by atoms with E-state index in [1.54, 1.807) is 30.7 Å². The van der Waals surface area contributed by atoms with Crippen molar-refractivity contribution in [2.24, 2.45) is 0 Å². The Hall–Kier alpha value is -3.12. The molecule has 1 N–H and O–H groups in total. The van der Waals surface area contributed by atoms with Gasteiger partial charge in [0.25, 0.3) is 0 Å². The van der Waals surface area contributed by atoms with Crippen molar-refractivity contribution in [3.05, 3.63) is 65.9 Å². The normalized spacial score (nSPS) is 11.3. The molecule has 0 aliphatic rings. The van der Waals surface area contributed by atoms with E-state index in [-0.39, 0.29) is 12.4 Å². The average molecular weight is 362 g/mol. The van der Waals surface area contributed by atoms with Gasteiger partial charge in [0.2, 0.25) is 0 Å². The molecule has 0 radical (unpaired) electrons. The minimum atomic E-state index is -0.313. The second-order valence-electron chi connectivity index (χ2n) is 6.43. The number of fused-ring (bicyclic) bond motifs is 1. The topological polar surface area (TPSA) is 63.8 Å². The Balaban J connectivity index is 2.11. The van der Waals surface area contributed by atoms with Crippen LogP contribution in [0, 0.1) is 12.7 Å². The summed E-state index contributed by atoms with van der Waals surface area (Å²) in [6.45, 7) is 4.45. The maximum Gasteiger partial charge on any atom is 0.159 e. The van der Waals surface area contributed by atoms with Gasteiger partial charge in [-0.15, -0.1) is 0 Å². The molecule has 0 saturated heterocycles. The van der Waals surface area contributed by atoms with Crippen LogP contribution in [0.5, 0.6) is 0 Å². The second kappa shape index (κ2) is 6.89. The van der Waals surface area contributed by atoms with E-state index in [1.807, 2.05) is 24.6 Å². The fourth-order valence-electron chi connectivity index (χ4n) is 3.38. The first kappa shape index (κ1) is 17.3. The Kier molecular flexibility index (Phi) is 4.41. The predicted molar refractivity (Wildman–Crippen MR) is 102 cm³/mol. The predicted octanol–water partition coefficient (Wildman–Crippen LogP) is 4.12. The lowest BCUT2D eigenvalue weighted by atomic mass is 9.94. The summed E-state index contributed by atoms with van der Waals surface area (Å²) in [6.07, 6.45) is 5.34. The molecule has 0 aliphatic carbocycles. The van der Waals surface area contributed by atoms with Crippen LogP contribution in [0.1, 0.15) is 18.1 Å². The zero-order valence-corrected chi connectivity index (χ0v) is 15.1. The van der Waals surface area contributed by atoms with Crippen molar-refractivity contribution >= 4 is 11.0 Å². The lowest BCUT2D eigenvalue weighted by Crippen LogP contribution is -2.03. The summed E-state index contributed by atoms with van der Waals surface area (Å²) in [5.41, 5.74) is 5.54. The van der Waals surface area contributed by atoms with Gasteiger partial charge in [0.05, 0.1) is 18.5 Å². The van der Waals surface area contributed by atoms with Crippen LogP contribution in [0.2, 0.25) is 0 Å². The summed E-state index contributed by atoms with van der Waals surface area (Å²) in [5.74, 6) is -0.313. The van der Waals surface area contributed by atoms with Crippen molar-refractivity contribution in [2.45, 2.75) is 27.0 Å². The molecule has 136 valence electrons. The third-order valence-electron chi connectivity index (χ3n) is 4.63. The van der Waals surface area contributed by atoms with E-state index in [9.17, 15) is 9.50 Å². The van der Waals surface area contributed by atoms with Crippen LogP contribution in [0.15, 0.2) is 48.9 Å². The first-order valence-corrected chi connectivity index (χ1v) is 8.79. The molecule has 4 aromatic rings. The summed E-state index contributed by atoms with van der Waals surface area (Å²) in [6, 6.07) is 8.17. The number of hydrogen-bond donors (Lipinski definition) is 1. The van der Waals surface area contributed by atoms with Crippen LogP contribution in [0.25, 0.3) is 33.4 Å². The smallest absolute Gasteiger partial charge is 0.159 e. The van der Waals surface area contributed by atoms with Gasteiger partial charge < -0.3 is 5.11 Å². The van der Waals surface area contributed by atoms with Gasteiger partial charge in [0.1, 0.15) is 5.82 Å². The van der Waals surface area contributed by atoms with Gasteiger partial charge in [-0.1, -0.05) is 0 Å². The van der Waals surface area contributed by atoms with Crippen molar-refractivity contribution in [1.82, 2.24) is 19.7 Å². The number of aromatic nitrogens is 4. The second-order valence-corrected chi connectivity index (χ2v) is 6.43. The summed E-state index contributed by atoms with van der Waals surface area (Å²) >= 11 is 0. The third-order valence-corrected chi connectivity index (χ3v) is 4.63. The molecule has 0 saturated carbocycles. The van der Waals surface area contributed by atoms with Crippen LogP contribution in [-0.2, 0) is 13.2 Å². The van der Waals surface area contributed by atoms with Gasteiger partial charge in [-0.25, -0.2) is 14.1 Å².